The molecule has 0 N–H and O–H groups in total. The van der Waals surface area contributed by atoms with E-state index in [0.29, 0.717) is 5.92 Å². The maximum atomic E-state index is 5.11. The first-order valence-electron chi connectivity index (χ1n) is 10.4. The third-order valence-electron chi connectivity index (χ3n) is 5.83. The number of aromatic nitrogens is 5. The lowest BCUT2D eigenvalue weighted by molar-refractivity contribution is 0.495. The number of hydrogen-bond donors (Lipinski definition) is 0. The van der Waals surface area contributed by atoms with Gasteiger partial charge in [0.05, 0.1) is 5.69 Å². The molecule has 5 rings (SSSR count). The molecule has 3 aromatic rings. The SMILES string of the molecule is c1cnc(N2CCC[C@H](c3nc(N4CCCC4)ncc3-c3ccncc3)C2)nc1. The van der Waals surface area contributed by atoms with Crippen molar-refractivity contribution in [2.75, 3.05) is 36.0 Å². The first-order valence-corrected chi connectivity index (χ1v) is 10.4. The molecule has 2 saturated heterocycles. The van der Waals surface area contributed by atoms with Crippen LogP contribution in [0, 0.1) is 0 Å². The van der Waals surface area contributed by atoms with E-state index in [1.165, 1.54) is 12.8 Å². The third-order valence-corrected chi connectivity index (χ3v) is 5.83. The molecule has 3 aromatic heterocycles. The molecule has 0 saturated carbocycles. The van der Waals surface area contributed by atoms with Gasteiger partial charge in [0.2, 0.25) is 11.9 Å². The maximum absolute atomic E-state index is 5.11. The molecule has 0 aromatic carbocycles. The van der Waals surface area contributed by atoms with E-state index < -0.39 is 0 Å². The summed E-state index contributed by atoms with van der Waals surface area (Å²) < 4.78 is 0. The van der Waals surface area contributed by atoms with Crippen molar-refractivity contribution in [3.8, 4) is 11.1 Å². The molecule has 7 heteroatoms. The van der Waals surface area contributed by atoms with Crippen molar-refractivity contribution in [2.24, 2.45) is 0 Å². The molecule has 0 aliphatic carbocycles. The first kappa shape index (κ1) is 18.0. The van der Waals surface area contributed by atoms with Gasteiger partial charge in [0.1, 0.15) is 0 Å². The van der Waals surface area contributed by atoms with Crippen molar-refractivity contribution in [2.45, 2.75) is 31.6 Å². The minimum atomic E-state index is 0.320. The number of piperidine rings is 1. The van der Waals surface area contributed by atoms with E-state index in [0.717, 1.165) is 67.7 Å². The molecule has 29 heavy (non-hydrogen) atoms. The van der Waals surface area contributed by atoms with Crippen LogP contribution in [0.3, 0.4) is 0 Å². The van der Waals surface area contributed by atoms with Crippen LogP contribution in [-0.2, 0) is 0 Å². The summed E-state index contributed by atoms with van der Waals surface area (Å²) in [5.74, 6) is 1.99. The maximum Gasteiger partial charge on any atom is 0.225 e. The molecule has 5 heterocycles. The van der Waals surface area contributed by atoms with Gasteiger partial charge in [-0.1, -0.05) is 0 Å². The highest BCUT2D eigenvalue weighted by atomic mass is 15.3. The lowest BCUT2D eigenvalue weighted by Gasteiger charge is -2.33. The van der Waals surface area contributed by atoms with Crippen LogP contribution in [0.1, 0.15) is 37.3 Å². The highest BCUT2D eigenvalue weighted by molar-refractivity contribution is 5.66. The Hall–Kier alpha value is -3.09. The van der Waals surface area contributed by atoms with E-state index in [1.54, 1.807) is 0 Å². The van der Waals surface area contributed by atoms with Gasteiger partial charge in [0, 0.05) is 68.6 Å². The van der Waals surface area contributed by atoms with Gasteiger partial charge in [-0.25, -0.2) is 19.9 Å². The van der Waals surface area contributed by atoms with Crippen molar-refractivity contribution in [3.05, 3.63) is 54.9 Å². The molecule has 148 valence electrons. The molecule has 0 bridgehead atoms. The summed E-state index contributed by atoms with van der Waals surface area (Å²) in [6.45, 7) is 3.94. The Kier molecular flexibility index (Phi) is 5.02. The second kappa shape index (κ2) is 8.11. The summed E-state index contributed by atoms with van der Waals surface area (Å²) >= 11 is 0. The zero-order valence-corrected chi connectivity index (χ0v) is 16.5. The Morgan fingerprint density at radius 3 is 2.34 bits per heavy atom. The van der Waals surface area contributed by atoms with E-state index in [-0.39, 0.29) is 0 Å². The van der Waals surface area contributed by atoms with E-state index in [2.05, 4.69) is 24.8 Å². The van der Waals surface area contributed by atoms with Gasteiger partial charge in [-0.3, -0.25) is 4.98 Å². The van der Waals surface area contributed by atoms with Crippen molar-refractivity contribution >= 4 is 11.9 Å². The monoisotopic (exact) mass is 387 g/mol. The second-order valence-electron chi connectivity index (χ2n) is 7.73. The van der Waals surface area contributed by atoms with Crippen LogP contribution in [-0.4, -0.2) is 51.1 Å². The van der Waals surface area contributed by atoms with Gasteiger partial charge in [-0.2, -0.15) is 0 Å². The smallest absolute Gasteiger partial charge is 0.225 e. The second-order valence-corrected chi connectivity index (χ2v) is 7.73. The van der Waals surface area contributed by atoms with Gasteiger partial charge in [-0.15, -0.1) is 0 Å². The van der Waals surface area contributed by atoms with Gasteiger partial charge in [0.25, 0.3) is 0 Å². The van der Waals surface area contributed by atoms with Crippen molar-refractivity contribution in [1.29, 1.82) is 0 Å². The van der Waals surface area contributed by atoms with Crippen LogP contribution in [0.5, 0.6) is 0 Å². The molecule has 0 spiro atoms. The number of pyridine rings is 1. The summed E-state index contributed by atoms with van der Waals surface area (Å²) in [6, 6.07) is 5.94. The normalized spacial score (nSPS) is 19.5. The third kappa shape index (κ3) is 3.77. The van der Waals surface area contributed by atoms with Gasteiger partial charge >= 0.3 is 0 Å². The standard InChI is InChI=1S/C22H25N7/c1-2-13-28(12-1)22-26-15-19(17-6-10-23-11-7-17)20(27-22)18-5-3-14-29(16-18)21-24-8-4-9-25-21/h4,6-11,15,18H,1-3,5,12-14,16H2/t18-/m0/s1. The van der Waals surface area contributed by atoms with Crippen LogP contribution in [0.15, 0.2) is 49.2 Å². The summed E-state index contributed by atoms with van der Waals surface area (Å²) in [7, 11) is 0. The number of rotatable bonds is 4. The zero-order valence-electron chi connectivity index (χ0n) is 16.5. The predicted molar refractivity (Wildman–Crippen MR) is 113 cm³/mol. The molecule has 1 atom stereocenters. The van der Waals surface area contributed by atoms with E-state index in [4.69, 9.17) is 9.97 Å². The van der Waals surface area contributed by atoms with Gasteiger partial charge in [-0.05, 0) is 49.4 Å². The lowest BCUT2D eigenvalue weighted by atomic mass is 9.90. The number of nitrogens with zero attached hydrogens (tertiary/aromatic N) is 7. The first-order chi connectivity index (χ1) is 14.4. The van der Waals surface area contributed by atoms with Crippen LogP contribution in [0.4, 0.5) is 11.9 Å². The van der Waals surface area contributed by atoms with E-state index in [9.17, 15) is 0 Å². The van der Waals surface area contributed by atoms with Gasteiger partial charge < -0.3 is 9.80 Å². The highest BCUT2D eigenvalue weighted by Gasteiger charge is 2.28. The molecule has 0 unspecified atom stereocenters. The average molecular weight is 387 g/mol. The minimum absolute atomic E-state index is 0.320. The largest absolute Gasteiger partial charge is 0.341 e. The fourth-order valence-electron chi connectivity index (χ4n) is 4.36. The van der Waals surface area contributed by atoms with Gasteiger partial charge in [0.15, 0.2) is 0 Å². The topological polar surface area (TPSA) is 70.9 Å². The molecule has 7 nitrogen and oxygen atoms in total. The highest BCUT2D eigenvalue weighted by Crippen LogP contribution is 2.35. The fourth-order valence-corrected chi connectivity index (χ4v) is 4.36. The molecular formula is C22H25N7. The quantitative estimate of drug-likeness (QED) is 0.680. The van der Waals surface area contributed by atoms with Crippen molar-refractivity contribution in [1.82, 2.24) is 24.9 Å². The number of hydrogen-bond acceptors (Lipinski definition) is 7. The molecule has 2 aliphatic heterocycles. The Balaban J connectivity index is 1.51. The lowest BCUT2D eigenvalue weighted by Crippen LogP contribution is -2.36. The Morgan fingerprint density at radius 2 is 1.55 bits per heavy atom. The summed E-state index contributed by atoms with van der Waals surface area (Å²) in [5.41, 5.74) is 3.36. The predicted octanol–water partition coefficient (Wildman–Crippen LogP) is 3.31. The zero-order chi connectivity index (χ0) is 19.5. The average Bonchev–Trinajstić information content (AvgIpc) is 3.35. The number of anilines is 2. The van der Waals surface area contributed by atoms with Crippen molar-refractivity contribution < 1.29 is 0 Å². The van der Waals surface area contributed by atoms with E-state index in [1.807, 2.05) is 49.2 Å². The van der Waals surface area contributed by atoms with Crippen LogP contribution in [0.2, 0.25) is 0 Å². The van der Waals surface area contributed by atoms with Crippen LogP contribution < -0.4 is 9.80 Å². The molecular weight excluding hydrogens is 362 g/mol. The van der Waals surface area contributed by atoms with Crippen LogP contribution >= 0.6 is 0 Å². The summed E-state index contributed by atoms with van der Waals surface area (Å²) in [6.07, 6.45) is 13.9. The summed E-state index contributed by atoms with van der Waals surface area (Å²) in [4.78, 5) is 27.5. The molecule has 2 aliphatic rings. The van der Waals surface area contributed by atoms with E-state index >= 15 is 0 Å². The van der Waals surface area contributed by atoms with Crippen molar-refractivity contribution in [3.63, 3.8) is 0 Å². The summed E-state index contributed by atoms with van der Waals surface area (Å²) in [5, 5.41) is 0. The Bertz CT molecular complexity index is 942. The van der Waals surface area contributed by atoms with Crippen LogP contribution in [0.25, 0.3) is 11.1 Å². The molecule has 0 amide bonds. The Morgan fingerprint density at radius 1 is 0.793 bits per heavy atom. The molecule has 2 fully saturated rings. The Labute approximate surface area is 170 Å². The molecule has 0 radical (unpaired) electrons. The fraction of sp³-hybridized carbons (Fsp3) is 0.409. The minimum Gasteiger partial charge on any atom is -0.341 e.